The molecular formula is C21H17F3N2O3S. The molecule has 0 saturated heterocycles. The van der Waals surface area contributed by atoms with Crippen LogP contribution in [0.2, 0.25) is 0 Å². The van der Waals surface area contributed by atoms with Crippen LogP contribution in [0.4, 0.5) is 18.9 Å². The highest BCUT2D eigenvalue weighted by molar-refractivity contribution is 7.89. The number of benzene rings is 3. The van der Waals surface area contributed by atoms with Crippen LogP contribution in [0, 0.1) is 0 Å². The van der Waals surface area contributed by atoms with Gasteiger partial charge in [0, 0.05) is 12.2 Å². The number of carbonyl (C=O) groups is 1. The summed E-state index contributed by atoms with van der Waals surface area (Å²) in [7, 11) is -3.79. The Balaban J connectivity index is 1.71. The third-order valence-electron chi connectivity index (χ3n) is 4.21. The molecule has 3 aromatic rings. The molecule has 0 heterocycles. The summed E-state index contributed by atoms with van der Waals surface area (Å²) < 4.78 is 66.5. The average molecular weight is 434 g/mol. The second-order valence-corrected chi connectivity index (χ2v) is 8.10. The third kappa shape index (κ3) is 5.25. The second-order valence-electron chi connectivity index (χ2n) is 6.33. The zero-order chi connectivity index (χ0) is 21.8. The van der Waals surface area contributed by atoms with Gasteiger partial charge in [-0.1, -0.05) is 42.5 Å². The van der Waals surface area contributed by atoms with Gasteiger partial charge in [-0.3, -0.25) is 4.79 Å². The van der Waals surface area contributed by atoms with Gasteiger partial charge >= 0.3 is 6.18 Å². The van der Waals surface area contributed by atoms with Gasteiger partial charge < -0.3 is 5.32 Å². The number of nitrogens with one attached hydrogen (secondary N) is 2. The average Bonchev–Trinajstić information content (AvgIpc) is 2.73. The molecule has 9 heteroatoms. The minimum Gasteiger partial charge on any atom is -0.322 e. The van der Waals surface area contributed by atoms with Crippen LogP contribution >= 0.6 is 0 Å². The SMILES string of the molecule is O=C(Nc1ccc(S(=O)(=O)NCc2ccccc2)cc1)c1ccccc1C(F)(F)F. The molecule has 0 radical (unpaired) electrons. The first-order valence-electron chi connectivity index (χ1n) is 8.78. The van der Waals surface area contributed by atoms with E-state index in [4.69, 9.17) is 0 Å². The van der Waals surface area contributed by atoms with Crippen molar-refractivity contribution in [2.24, 2.45) is 0 Å². The Morgan fingerprint density at radius 2 is 1.43 bits per heavy atom. The molecule has 0 unspecified atom stereocenters. The Morgan fingerprint density at radius 3 is 2.07 bits per heavy atom. The maximum absolute atomic E-state index is 13.1. The molecule has 30 heavy (non-hydrogen) atoms. The first-order valence-corrected chi connectivity index (χ1v) is 10.3. The molecule has 3 aromatic carbocycles. The van der Waals surface area contributed by atoms with Gasteiger partial charge in [-0.25, -0.2) is 13.1 Å². The summed E-state index contributed by atoms with van der Waals surface area (Å²) in [5, 5.41) is 2.35. The summed E-state index contributed by atoms with van der Waals surface area (Å²) in [5.41, 5.74) is -0.620. The Hall–Kier alpha value is -3.17. The van der Waals surface area contributed by atoms with Crippen LogP contribution in [-0.2, 0) is 22.7 Å². The van der Waals surface area contributed by atoms with Crippen molar-refractivity contribution in [2.75, 3.05) is 5.32 Å². The number of anilines is 1. The highest BCUT2D eigenvalue weighted by atomic mass is 32.2. The van der Waals surface area contributed by atoms with Crippen molar-refractivity contribution in [3.63, 3.8) is 0 Å². The van der Waals surface area contributed by atoms with E-state index in [0.717, 1.165) is 17.7 Å². The topological polar surface area (TPSA) is 75.3 Å². The Morgan fingerprint density at radius 1 is 0.833 bits per heavy atom. The standard InChI is InChI=1S/C21H17F3N2O3S/c22-21(23,24)19-9-5-4-8-18(19)20(27)26-16-10-12-17(13-11-16)30(28,29)25-14-15-6-2-1-3-7-15/h1-13,25H,14H2,(H,26,27). The van der Waals surface area contributed by atoms with Gasteiger partial charge in [0.1, 0.15) is 0 Å². The molecular weight excluding hydrogens is 417 g/mol. The number of rotatable bonds is 6. The largest absolute Gasteiger partial charge is 0.417 e. The fraction of sp³-hybridized carbons (Fsp3) is 0.0952. The molecule has 2 N–H and O–H groups in total. The van der Waals surface area contributed by atoms with E-state index in [2.05, 4.69) is 10.0 Å². The van der Waals surface area contributed by atoms with Crippen LogP contribution < -0.4 is 10.0 Å². The van der Waals surface area contributed by atoms with Crippen molar-refractivity contribution in [3.05, 3.63) is 95.6 Å². The number of hydrogen-bond donors (Lipinski definition) is 2. The monoisotopic (exact) mass is 434 g/mol. The lowest BCUT2D eigenvalue weighted by atomic mass is 10.1. The van der Waals surface area contributed by atoms with Gasteiger partial charge in [-0.05, 0) is 42.0 Å². The van der Waals surface area contributed by atoms with E-state index in [1.54, 1.807) is 24.3 Å². The molecule has 0 aromatic heterocycles. The van der Waals surface area contributed by atoms with E-state index in [1.165, 1.54) is 36.4 Å². The summed E-state index contributed by atoms with van der Waals surface area (Å²) in [5.74, 6) is -0.944. The van der Waals surface area contributed by atoms with Crippen LogP contribution in [0.5, 0.6) is 0 Å². The van der Waals surface area contributed by atoms with Gasteiger partial charge in [0.2, 0.25) is 10.0 Å². The van der Waals surface area contributed by atoms with Gasteiger partial charge in [0.15, 0.2) is 0 Å². The minimum absolute atomic E-state index is 0.0351. The second kappa shape index (κ2) is 8.68. The fourth-order valence-electron chi connectivity index (χ4n) is 2.70. The predicted octanol–water partition coefficient (Wildman–Crippen LogP) is 4.44. The molecule has 5 nitrogen and oxygen atoms in total. The number of halogens is 3. The summed E-state index contributed by atoms with van der Waals surface area (Å²) >= 11 is 0. The summed E-state index contributed by atoms with van der Waals surface area (Å²) in [4.78, 5) is 12.2. The number of alkyl halides is 3. The summed E-state index contributed by atoms with van der Waals surface area (Å²) in [6.45, 7) is 0.107. The van der Waals surface area contributed by atoms with Crippen molar-refractivity contribution >= 4 is 21.6 Å². The van der Waals surface area contributed by atoms with Crippen LogP contribution in [0.15, 0.2) is 83.8 Å². The Labute approximate surface area is 171 Å². The number of amides is 1. The Bertz CT molecular complexity index is 1130. The molecule has 0 saturated carbocycles. The van der Waals surface area contributed by atoms with Crippen molar-refractivity contribution in [1.29, 1.82) is 0 Å². The number of sulfonamides is 1. The minimum atomic E-state index is -4.67. The lowest BCUT2D eigenvalue weighted by Gasteiger charge is -2.13. The zero-order valence-corrected chi connectivity index (χ0v) is 16.3. The molecule has 0 aliphatic heterocycles. The van der Waals surface area contributed by atoms with Crippen LogP contribution in [-0.4, -0.2) is 14.3 Å². The molecule has 0 aliphatic rings. The molecule has 0 aliphatic carbocycles. The van der Waals surface area contributed by atoms with Crippen molar-refractivity contribution in [2.45, 2.75) is 17.6 Å². The maximum atomic E-state index is 13.1. The highest BCUT2D eigenvalue weighted by Crippen LogP contribution is 2.32. The van der Waals surface area contributed by atoms with E-state index in [9.17, 15) is 26.4 Å². The van der Waals surface area contributed by atoms with Gasteiger partial charge in [-0.15, -0.1) is 0 Å². The quantitative estimate of drug-likeness (QED) is 0.603. The molecule has 0 atom stereocenters. The van der Waals surface area contributed by atoms with Crippen molar-refractivity contribution < 1.29 is 26.4 Å². The molecule has 3 rings (SSSR count). The summed E-state index contributed by atoms with van der Waals surface area (Å²) in [6, 6.07) is 18.5. The lowest BCUT2D eigenvalue weighted by molar-refractivity contribution is -0.137. The first-order chi connectivity index (χ1) is 14.2. The van der Waals surface area contributed by atoms with E-state index in [1.807, 2.05) is 6.07 Å². The predicted molar refractivity (Wildman–Crippen MR) is 106 cm³/mol. The van der Waals surface area contributed by atoms with Crippen LogP contribution in [0.1, 0.15) is 21.5 Å². The summed E-state index contributed by atoms with van der Waals surface area (Å²) in [6.07, 6.45) is -4.67. The van der Waals surface area contributed by atoms with Gasteiger partial charge in [0.25, 0.3) is 5.91 Å². The molecule has 0 spiro atoms. The normalized spacial score (nSPS) is 11.8. The molecule has 0 fully saturated rings. The maximum Gasteiger partial charge on any atom is 0.417 e. The van der Waals surface area contributed by atoms with Crippen LogP contribution in [0.3, 0.4) is 0 Å². The van der Waals surface area contributed by atoms with Crippen molar-refractivity contribution in [1.82, 2.24) is 4.72 Å². The van der Waals surface area contributed by atoms with E-state index in [-0.39, 0.29) is 17.1 Å². The highest BCUT2D eigenvalue weighted by Gasteiger charge is 2.34. The molecule has 1 amide bonds. The smallest absolute Gasteiger partial charge is 0.322 e. The third-order valence-corrected chi connectivity index (χ3v) is 5.63. The van der Waals surface area contributed by atoms with Crippen molar-refractivity contribution in [3.8, 4) is 0 Å². The van der Waals surface area contributed by atoms with E-state index < -0.39 is 33.2 Å². The Kier molecular flexibility index (Phi) is 6.23. The van der Waals surface area contributed by atoms with Gasteiger partial charge in [0.05, 0.1) is 16.0 Å². The van der Waals surface area contributed by atoms with E-state index >= 15 is 0 Å². The first kappa shape index (κ1) is 21.5. The fourth-order valence-corrected chi connectivity index (χ4v) is 3.72. The molecule has 156 valence electrons. The molecule has 0 bridgehead atoms. The van der Waals surface area contributed by atoms with Gasteiger partial charge in [-0.2, -0.15) is 13.2 Å². The number of hydrogen-bond acceptors (Lipinski definition) is 3. The van der Waals surface area contributed by atoms with Crippen LogP contribution in [0.25, 0.3) is 0 Å². The number of carbonyl (C=O) groups excluding carboxylic acids is 1. The van der Waals surface area contributed by atoms with E-state index in [0.29, 0.717) is 0 Å². The zero-order valence-electron chi connectivity index (χ0n) is 15.5. The lowest BCUT2D eigenvalue weighted by Crippen LogP contribution is -2.23.